The molecule has 1 N–H and O–H groups in total. The third-order valence-corrected chi connectivity index (χ3v) is 8.74. The van der Waals surface area contributed by atoms with Gasteiger partial charge >= 0.3 is 11.9 Å². The van der Waals surface area contributed by atoms with E-state index in [1.54, 1.807) is 20.8 Å². The largest absolute Gasteiger partial charge is 0.462 e. The number of fused-ring (bicyclic) bond motifs is 1. The summed E-state index contributed by atoms with van der Waals surface area (Å²) in [6, 6.07) is 19.8. The second kappa shape index (κ2) is 13.2. The Balaban J connectivity index is 1.38. The van der Waals surface area contributed by atoms with Gasteiger partial charge in [-0.2, -0.15) is 0 Å². The van der Waals surface area contributed by atoms with Crippen LogP contribution in [0.25, 0.3) is 33.5 Å². The molecule has 5 aromatic rings. The number of hydrogen-bond acceptors (Lipinski definition) is 10. The lowest BCUT2D eigenvalue weighted by atomic mass is 10.0. The van der Waals surface area contributed by atoms with Gasteiger partial charge < -0.3 is 19.4 Å². The smallest absolute Gasteiger partial charge is 0.348 e. The molecule has 10 nitrogen and oxygen atoms in total. The number of pyridine rings is 1. The zero-order chi connectivity index (χ0) is 30.5. The Bertz CT molecular complexity index is 1820. The van der Waals surface area contributed by atoms with Crippen LogP contribution in [-0.4, -0.2) is 56.6 Å². The van der Waals surface area contributed by atoms with E-state index in [9.17, 15) is 14.4 Å². The third-order valence-electron chi connectivity index (χ3n) is 6.53. The minimum atomic E-state index is -0.618. The summed E-state index contributed by atoms with van der Waals surface area (Å²) in [5.41, 5.74) is 4.06. The summed E-state index contributed by atoms with van der Waals surface area (Å²) in [6.07, 6.45) is 0. The molecule has 0 aliphatic heterocycles. The molecule has 0 fully saturated rings. The van der Waals surface area contributed by atoms with Crippen LogP contribution in [0.2, 0.25) is 0 Å². The summed E-state index contributed by atoms with van der Waals surface area (Å²) >= 11 is 2.19. The number of carbonyl (C=O) groups is 3. The normalized spacial score (nSPS) is 11.0. The van der Waals surface area contributed by atoms with E-state index < -0.39 is 11.9 Å². The number of carbonyl (C=O) groups excluding carboxylic acids is 3. The molecule has 3 aromatic heterocycles. The van der Waals surface area contributed by atoms with Crippen molar-refractivity contribution in [2.45, 2.75) is 25.9 Å². The van der Waals surface area contributed by atoms with Gasteiger partial charge in [0.15, 0.2) is 11.0 Å². The minimum Gasteiger partial charge on any atom is -0.462 e. The van der Waals surface area contributed by atoms with Crippen LogP contribution in [0.3, 0.4) is 0 Å². The molecule has 0 bridgehead atoms. The number of thioether (sulfide) groups is 1. The molecule has 0 radical (unpaired) electrons. The number of benzene rings is 2. The van der Waals surface area contributed by atoms with Gasteiger partial charge in [-0.25, -0.2) is 14.6 Å². The highest BCUT2D eigenvalue weighted by molar-refractivity contribution is 7.99. The molecule has 2 aromatic carbocycles. The van der Waals surface area contributed by atoms with Crippen molar-refractivity contribution in [3.8, 4) is 22.6 Å². The van der Waals surface area contributed by atoms with E-state index in [4.69, 9.17) is 14.5 Å². The molecule has 0 saturated heterocycles. The molecule has 12 heteroatoms. The van der Waals surface area contributed by atoms with Gasteiger partial charge in [0.1, 0.15) is 9.88 Å². The lowest BCUT2D eigenvalue weighted by Gasteiger charge is -2.10. The number of esters is 2. The Morgan fingerprint density at radius 3 is 2.40 bits per heavy atom. The number of nitrogens with one attached hydrogen (secondary N) is 1. The molecule has 220 valence electrons. The number of ether oxygens (including phenoxy) is 2. The minimum absolute atomic E-state index is 0.00765. The fourth-order valence-electron chi connectivity index (χ4n) is 4.53. The number of aromatic nitrogens is 4. The maximum absolute atomic E-state index is 13.0. The number of para-hydroxylation sites is 1. The maximum atomic E-state index is 13.0. The molecule has 5 rings (SSSR count). The van der Waals surface area contributed by atoms with Gasteiger partial charge in [0, 0.05) is 23.6 Å². The first-order valence-corrected chi connectivity index (χ1v) is 15.4. The van der Waals surface area contributed by atoms with Crippen LogP contribution in [0.15, 0.2) is 65.8 Å². The predicted octanol–water partition coefficient (Wildman–Crippen LogP) is 6.15. The van der Waals surface area contributed by atoms with Crippen molar-refractivity contribution in [3.05, 3.63) is 76.7 Å². The van der Waals surface area contributed by atoms with Crippen LogP contribution in [0.1, 0.15) is 39.4 Å². The summed E-state index contributed by atoms with van der Waals surface area (Å²) < 4.78 is 12.1. The molecule has 0 aliphatic carbocycles. The van der Waals surface area contributed by atoms with E-state index in [1.165, 1.54) is 11.8 Å². The molecule has 1 amide bonds. The first kappa shape index (κ1) is 29.9. The quantitative estimate of drug-likeness (QED) is 0.145. The second-order valence-corrected chi connectivity index (χ2v) is 11.3. The number of rotatable bonds is 10. The zero-order valence-electron chi connectivity index (χ0n) is 24.0. The summed E-state index contributed by atoms with van der Waals surface area (Å²) in [7, 11) is 1.85. The molecule has 3 heterocycles. The molecular formula is C31H29N5O5S2. The summed E-state index contributed by atoms with van der Waals surface area (Å²) in [6.45, 7) is 5.36. The Morgan fingerprint density at radius 2 is 1.65 bits per heavy atom. The van der Waals surface area contributed by atoms with Crippen molar-refractivity contribution < 1.29 is 23.9 Å². The topological polar surface area (TPSA) is 125 Å². The lowest BCUT2D eigenvalue weighted by Crippen LogP contribution is -2.16. The van der Waals surface area contributed by atoms with Gasteiger partial charge in [-0.3, -0.25) is 4.79 Å². The van der Waals surface area contributed by atoms with Gasteiger partial charge in [0.25, 0.3) is 0 Å². The Hall–Kier alpha value is -4.55. The van der Waals surface area contributed by atoms with Crippen LogP contribution in [-0.2, 0) is 21.3 Å². The molecule has 43 heavy (non-hydrogen) atoms. The summed E-state index contributed by atoms with van der Waals surface area (Å²) in [5, 5.41) is 13.3. The molecular weight excluding hydrogens is 587 g/mol. The van der Waals surface area contributed by atoms with Crippen LogP contribution in [0.4, 0.5) is 5.00 Å². The first-order valence-electron chi connectivity index (χ1n) is 13.6. The van der Waals surface area contributed by atoms with Crippen molar-refractivity contribution in [3.63, 3.8) is 0 Å². The van der Waals surface area contributed by atoms with Gasteiger partial charge in [0.2, 0.25) is 5.91 Å². The maximum Gasteiger partial charge on any atom is 0.348 e. The molecule has 0 unspecified atom stereocenters. The fourth-order valence-corrected chi connectivity index (χ4v) is 6.34. The molecule has 0 spiro atoms. The first-order chi connectivity index (χ1) is 20.8. The highest BCUT2D eigenvalue weighted by Crippen LogP contribution is 2.35. The SMILES string of the molecule is CCOC(=O)c1sc(NC(=O)CSc2nnc(-c3cc(-c4ccccc4)nc4ccccc34)n2C)c(C(=O)OCC)c1C. The van der Waals surface area contributed by atoms with Crippen LogP contribution in [0.5, 0.6) is 0 Å². The van der Waals surface area contributed by atoms with Crippen LogP contribution < -0.4 is 5.32 Å². The average Bonchev–Trinajstić information content (AvgIpc) is 3.54. The van der Waals surface area contributed by atoms with Crippen molar-refractivity contribution in [2.24, 2.45) is 7.05 Å². The third kappa shape index (κ3) is 6.30. The predicted molar refractivity (Wildman–Crippen MR) is 167 cm³/mol. The van der Waals surface area contributed by atoms with Crippen molar-refractivity contribution in [2.75, 3.05) is 24.3 Å². The fraction of sp³-hybridized carbons (Fsp3) is 0.226. The Labute approximate surface area is 256 Å². The highest BCUT2D eigenvalue weighted by atomic mass is 32.2. The molecule has 0 aliphatic rings. The van der Waals surface area contributed by atoms with Crippen molar-refractivity contribution in [1.82, 2.24) is 19.7 Å². The highest BCUT2D eigenvalue weighted by Gasteiger charge is 2.27. The number of thiophene rings is 1. The van der Waals surface area contributed by atoms with E-state index >= 15 is 0 Å². The van der Waals surface area contributed by atoms with E-state index in [2.05, 4.69) is 15.5 Å². The van der Waals surface area contributed by atoms with E-state index in [0.29, 0.717) is 16.5 Å². The standard InChI is InChI=1S/C31H29N5O5S2/c1-5-40-29(38)25-18(3)26(30(39)41-6-2)43-28(25)33-24(37)17-42-31-35-34-27(36(31)4)21-16-23(19-12-8-7-9-13-19)32-22-15-11-10-14-20(21)22/h7-16H,5-6,17H2,1-4H3,(H,33,37). The van der Waals surface area contributed by atoms with E-state index in [0.717, 1.165) is 39.1 Å². The number of nitrogens with zero attached hydrogens (tertiary/aromatic N) is 4. The summed E-state index contributed by atoms with van der Waals surface area (Å²) in [4.78, 5) is 43.3. The van der Waals surface area contributed by atoms with E-state index in [-0.39, 0.29) is 40.3 Å². The van der Waals surface area contributed by atoms with Crippen molar-refractivity contribution >= 4 is 56.8 Å². The number of hydrogen-bond donors (Lipinski definition) is 1. The molecule has 0 saturated carbocycles. The van der Waals surface area contributed by atoms with Gasteiger partial charge in [-0.05, 0) is 38.5 Å². The zero-order valence-corrected chi connectivity index (χ0v) is 25.7. The van der Waals surface area contributed by atoms with Gasteiger partial charge in [0.05, 0.1) is 35.7 Å². The van der Waals surface area contributed by atoms with Crippen LogP contribution >= 0.6 is 23.1 Å². The Morgan fingerprint density at radius 1 is 0.953 bits per heavy atom. The van der Waals surface area contributed by atoms with Gasteiger partial charge in [-0.1, -0.05) is 60.3 Å². The number of anilines is 1. The van der Waals surface area contributed by atoms with Crippen LogP contribution in [0, 0.1) is 6.92 Å². The Kier molecular flexibility index (Phi) is 9.17. The van der Waals surface area contributed by atoms with Crippen molar-refractivity contribution in [1.29, 1.82) is 0 Å². The van der Waals surface area contributed by atoms with E-state index in [1.807, 2.05) is 72.3 Å². The lowest BCUT2D eigenvalue weighted by molar-refractivity contribution is -0.113. The van der Waals surface area contributed by atoms with Gasteiger partial charge in [-0.15, -0.1) is 21.5 Å². The average molecular weight is 616 g/mol. The molecule has 0 atom stereocenters. The number of amides is 1. The second-order valence-electron chi connectivity index (χ2n) is 9.34. The monoisotopic (exact) mass is 615 g/mol. The summed E-state index contributed by atoms with van der Waals surface area (Å²) in [5.74, 6) is -0.927.